The van der Waals surface area contributed by atoms with Gasteiger partial charge in [-0.25, -0.2) is 4.57 Å². The van der Waals surface area contributed by atoms with Crippen LogP contribution in [-0.4, -0.2) is 13.2 Å². The summed E-state index contributed by atoms with van der Waals surface area (Å²) in [5.74, 6) is 0. The summed E-state index contributed by atoms with van der Waals surface area (Å²) < 4.78 is 21.8. The third-order valence-electron chi connectivity index (χ3n) is 3.39. The normalized spacial score (nSPS) is 10.9. The van der Waals surface area contributed by atoms with Gasteiger partial charge in [-0.05, 0) is 12.8 Å². The summed E-state index contributed by atoms with van der Waals surface area (Å²) in [6, 6.07) is 0. The fraction of sp³-hybridized carbons (Fsp3) is 1.00. The highest BCUT2D eigenvalue weighted by atomic mass is 31.1. The molecule has 0 aliphatic rings. The van der Waals surface area contributed by atoms with Crippen molar-refractivity contribution in [2.24, 2.45) is 0 Å². The highest BCUT2D eigenvalue weighted by Gasteiger charge is 2.01. The molecule has 0 atom stereocenters. The topological polar surface area (TPSA) is 35.5 Å². The van der Waals surface area contributed by atoms with E-state index in [2.05, 4.69) is 13.8 Å². The van der Waals surface area contributed by atoms with Gasteiger partial charge in [0.15, 0.2) is 0 Å². The Morgan fingerprint density at radius 1 is 0.600 bits per heavy atom. The summed E-state index contributed by atoms with van der Waals surface area (Å²) in [5.41, 5.74) is 0. The molecule has 0 saturated heterocycles. The molecule has 0 amide bonds. The smallest absolute Gasteiger partial charge is 0.283 e. The molecule has 0 aromatic carbocycles. The average molecular weight is 305 g/mol. The Kier molecular flexibility index (Phi) is 17.1. The van der Waals surface area contributed by atoms with Crippen LogP contribution in [0.2, 0.25) is 0 Å². The molecule has 0 aliphatic heterocycles. The zero-order valence-corrected chi connectivity index (χ0v) is 14.5. The summed E-state index contributed by atoms with van der Waals surface area (Å²) >= 11 is 0. The lowest BCUT2D eigenvalue weighted by atomic mass is 10.1. The van der Waals surface area contributed by atoms with Crippen LogP contribution in [0.4, 0.5) is 0 Å². The molecule has 121 valence electrons. The molecule has 0 bridgehead atoms. The molecule has 0 aliphatic carbocycles. The molecule has 1 radical (unpaired) electrons. The first-order valence-corrected chi connectivity index (χ1v) is 9.63. The van der Waals surface area contributed by atoms with Gasteiger partial charge in [-0.15, -0.1) is 0 Å². The maximum Gasteiger partial charge on any atom is 0.368 e. The Labute approximate surface area is 126 Å². The molecular formula is C16H34O3P. The third-order valence-corrected chi connectivity index (χ3v) is 4.18. The molecule has 0 unspecified atom stereocenters. The van der Waals surface area contributed by atoms with Gasteiger partial charge in [0, 0.05) is 0 Å². The molecule has 0 aromatic heterocycles. The van der Waals surface area contributed by atoms with E-state index < -0.39 is 8.25 Å². The highest BCUT2D eigenvalue weighted by Crippen LogP contribution is 2.24. The van der Waals surface area contributed by atoms with Crippen molar-refractivity contribution in [2.75, 3.05) is 13.2 Å². The van der Waals surface area contributed by atoms with Crippen molar-refractivity contribution < 1.29 is 13.6 Å². The van der Waals surface area contributed by atoms with Crippen molar-refractivity contribution in [3.63, 3.8) is 0 Å². The number of hydrogen-bond donors (Lipinski definition) is 0. The SMILES string of the molecule is CCCCCCCCO[P](=O)OCCCCCCCC. The summed E-state index contributed by atoms with van der Waals surface area (Å²) in [4.78, 5) is 0. The van der Waals surface area contributed by atoms with Gasteiger partial charge in [-0.2, -0.15) is 0 Å². The Balaban J connectivity index is 3.13. The second kappa shape index (κ2) is 17.1. The lowest BCUT2D eigenvalue weighted by Gasteiger charge is -2.04. The molecule has 0 saturated carbocycles. The monoisotopic (exact) mass is 305 g/mol. The molecule has 4 heteroatoms. The minimum absolute atomic E-state index is 0.567. The fourth-order valence-electron chi connectivity index (χ4n) is 2.08. The van der Waals surface area contributed by atoms with Crippen molar-refractivity contribution >= 4 is 8.25 Å². The lowest BCUT2D eigenvalue weighted by molar-refractivity contribution is 0.218. The Morgan fingerprint density at radius 3 is 1.35 bits per heavy atom. The first-order chi connectivity index (χ1) is 9.81. The van der Waals surface area contributed by atoms with Crippen LogP contribution in [0, 0.1) is 0 Å². The van der Waals surface area contributed by atoms with Crippen molar-refractivity contribution in [3.8, 4) is 0 Å². The molecule has 3 nitrogen and oxygen atoms in total. The van der Waals surface area contributed by atoms with E-state index in [1.807, 2.05) is 0 Å². The second-order valence-electron chi connectivity index (χ2n) is 5.43. The minimum atomic E-state index is -1.89. The third kappa shape index (κ3) is 16.1. The van der Waals surface area contributed by atoms with Gasteiger partial charge in [-0.3, -0.25) is 9.05 Å². The van der Waals surface area contributed by atoms with E-state index in [4.69, 9.17) is 9.05 Å². The number of rotatable bonds is 16. The maximum atomic E-state index is 11.4. The van der Waals surface area contributed by atoms with Crippen LogP contribution < -0.4 is 0 Å². The van der Waals surface area contributed by atoms with Gasteiger partial charge in [0.25, 0.3) is 0 Å². The van der Waals surface area contributed by atoms with Crippen LogP contribution in [-0.2, 0) is 13.6 Å². The summed E-state index contributed by atoms with van der Waals surface area (Å²) in [6.07, 6.45) is 14.6. The quantitative estimate of drug-likeness (QED) is 0.244. The van der Waals surface area contributed by atoms with Crippen LogP contribution in [0.5, 0.6) is 0 Å². The molecule has 0 fully saturated rings. The first kappa shape index (κ1) is 20.0. The Hall–Kier alpha value is 0.0200. The summed E-state index contributed by atoms with van der Waals surface area (Å²) in [6.45, 7) is 5.57. The molecular weight excluding hydrogens is 271 g/mol. The van der Waals surface area contributed by atoms with Crippen LogP contribution >= 0.6 is 8.25 Å². The van der Waals surface area contributed by atoms with Crippen LogP contribution in [0.1, 0.15) is 90.9 Å². The van der Waals surface area contributed by atoms with Gasteiger partial charge in [0.1, 0.15) is 0 Å². The van der Waals surface area contributed by atoms with Gasteiger partial charge in [-0.1, -0.05) is 78.1 Å². The molecule has 0 spiro atoms. The fourth-order valence-corrected chi connectivity index (χ4v) is 2.71. The van der Waals surface area contributed by atoms with E-state index in [-0.39, 0.29) is 0 Å². The zero-order chi connectivity index (χ0) is 14.9. The van der Waals surface area contributed by atoms with Crippen molar-refractivity contribution in [2.45, 2.75) is 90.9 Å². The largest absolute Gasteiger partial charge is 0.368 e. The van der Waals surface area contributed by atoms with E-state index in [0.717, 1.165) is 12.8 Å². The Bertz CT molecular complexity index is 190. The molecule has 20 heavy (non-hydrogen) atoms. The molecule has 0 N–H and O–H groups in total. The predicted molar refractivity (Wildman–Crippen MR) is 86.3 cm³/mol. The highest BCUT2D eigenvalue weighted by molar-refractivity contribution is 7.33. The van der Waals surface area contributed by atoms with E-state index in [0.29, 0.717) is 13.2 Å². The maximum absolute atomic E-state index is 11.4. The summed E-state index contributed by atoms with van der Waals surface area (Å²) in [5, 5.41) is 0. The van der Waals surface area contributed by atoms with E-state index in [1.54, 1.807) is 0 Å². The number of unbranched alkanes of at least 4 members (excludes halogenated alkanes) is 10. The van der Waals surface area contributed by atoms with Crippen LogP contribution in [0.3, 0.4) is 0 Å². The van der Waals surface area contributed by atoms with E-state index in [1.165, 1.54) is 64.2 Å². The molecule has 0 heterocycles. The van der Waals surface area contributed by atoms with Gasteiger partial charge >= 0.3 is 8.25 Å². The standard InChI is InChI=1S/C16H34O3P/c1-3-5-7-9-11-13-15-18-20(17)19-16-14-12-10-8-6-4-2/h3-16H2,1-2H3. The molecule has 0 rings (SSSR count). The van der Waals surface area contributed by atoms with Crippen LogP contribution in [0.25, 0.3) is 0 Å². The predicted octanol–water partition coefficient (Wildman–Crippen LogP) is 6.40. The lowest BCUT2D eigenvalue weighted by Crippen LogP contribution is -1.92. The summed E-state index contributed by atoms with van der Waals surface area (Å²) in [7, 11) is -1.89. The average Bonchev–Trinajstić information content (AvgIpc) is 2.45. The van der Waals surface area contributed by atoms with E-state index >= 15 is 0 Å². The number of hydrogen-bond acceptors (Lipinski definition) is 3. The van der Waals surface area contributed by atoms with Gasteiger partial charge in [0.2, 0.25) is 0 Å². The minimum Gasteiger partial charge on any atom is -0.283 e. The first-order valence-electron chi connectivity index (χ1n) is 8.54. The van der Waals surface area contributed by atoms with Crippen LogP contribution in [0.15, 0.2) is 0 Å². The zero-order valence-electron chi connectivity index (χ0n) is 13.6. The van der Waals surface area contributed by atoms with Crippen molar-refractivity contribution in [3.05, 3.63) is 0 Å². The Morgan fingerprint density at radius 2 is 0.950 bits per heavy atom. The van der Waals surface area contributed by atoms with Gasteiger partial charge < -0.3 is 0 Å². The van der Waals surface area contributed by atoms with E-state index in [9.17, 15) is 4.57 Å². The van der Waals surface area contributed by atoms with Crippen molar-refractivity contribution in [1.82, 2.24) is 0 Å². The molecule has 0 aromatic rings. The second-order valence-corrected chi connectivity index (χ2v) is 6.39. The van der Waals surface area contributed by atoms with Crippen molar-refractivity contribution in [1.29, 1.82) is 0 Å². The van der Waals surface area contributed by atoms with Gasteiger partial charge in [0.05, 0.1) is 13.2 Å².